The molecule has 6 rings (SSSR count). The predicted octanol–water partition coefficient (Wildman–Crippen LogP) is 6.55. The molecule has 3 N–H and O–H groups in total. The van der Waals surface area contributed by atoms with Gasteiger partial charge in [0.05, 0.1) is 28.4 Å². The average molecular weight is 556 g/mol. The number of hydrogen-bond acceptors (Lipinski definition) is 5. The fraction of sp³-hybridized carbons (Fsp3) is 0.333. The maximum Gasteiger partial charge on any atom is 0.249 e. The second kappa shape index (κ2) is 10.1. The van der Waals surface area contributed by atoms with Crippen molar-refractivity contribution in [3.8, 4) is 11.1 Å². The number of nitrogens with zero attached hydrogens (tertiary/aromatic N) is 2. The highest BCUT2D eigenvalue weighted by atomic mass is 19.1. The van der Waals surface area contributed by atoms with Crippen LogP contribution < -0.4 is 5.73 Å². The van der Waals surface area contributed by atoms with E-state index >= 15 is 4.39 Å². The Bertz CT molecular complexity index is 1770. The van der Waals surface area contributed by atoms with Crippen LogP contribution in [0.5, 0.6) is 0 Å². The van der Waals surface area contributed by atoms with Crippen LogP contribution in [0.25, 0.3) is 32.9 Å². The molecule has 0 saturated carbocycles. The molecule has 0 spiro atoms. The Hall–Kier alpha value is -4.01. The molecular formula is C33H34FN3O4. The first-order chi connectivity index (χ1) is 19.6. The summed E-state index contributed by atoms with van der Waals surface area (Å²) in [6.45, 7) is 8.32. The minimum absolute atomic E-state index is 0.0602. The van der Waals surface area contributed by atoms with Crippen LogP contribution in [0.4, 0.5) is 4.39 Å². The van der Waals surface area contributed by atoms with E-state index in [1.165, 1.54) is 6.07 Å². The molecule has 1 aliphatic heterocycles. The summed E-state index contributed by atoms with van der Waals surface area (Å²) in [5, 5.41) is 16.6. The first kappa shape index (κ1) is 27.2. The summed E-state index contributed by atoms with van der Waals surface area (Å²) in [6, 6.07) is 16.0. The SMILES string of the molecule is Cc1noc(C)c1-c1cc(C(N)=O)c2c3ccc(C(C)(C)O)cc3n(C(c3ccccc3F)C3CCOCC3)c2c1. The van der Waals surface area contributed by atoms with Crippen molar-refractivity contribution >= 4 is 27.7 Å². The van der Waals surface area contributed by atoms with Gasteiger partial charge in [0.15, 0.2) is 0 Å². The lowest BCUT2D eigenvalue weighted by Gasteiger charge is -2.33. The van der Waals surface area contributed by atoms with E-state index in [1.54, 1.807) is 26.0 Å². The smallest absolute Gasteiger partial charge is 0.249 e. The van der Waals surface area contributed by atoms with Crippen molar-refractivity contribution in [3.05, 3.63) is 88.6 Å². The molecule has 8 heteroatoms. The molecule has 7 nitrogen and oxygen atoms in total. The van der Waals surface area contributed by atoms with Gasteiger partial charge in [-0.05, 0) is 81.8 Å². The number of amides is 1. The minimum atomic E-state index is -1.12. The predicted molar refractivity (Wildman–Crippen MR) is 156 cm³/mol. The quantitative estimate of drug-likeness (QED) is 0.247. The number of aliphatic hydroxyl groups is 1. The molecule has 5 aromatic rings. The van der Waals surface area contributed by atoms with E-state index in [0.29, 0.717) is 46.7 Å². The van der Waals surface area contributed by atoms with Gasteiger partial charge in [0.25, 0.3) is 0 Å². The summed E-state index contributed by atoms with van der Waals surface area (Å²) in [5.74, 6) is -0.179. The van der Waals surface area contributed by atoms with Crippen LogP contribution in [0.2, 0.25) is 0 Å². The Kier molecular flexibility index (Phi) is 6.71. The van der Waals surface area contributed by atoms with E-state index < -0.39 is 17.6 Å². The number of ether oxygens (including phenoxy) is 1. The summed E-state index contributed by atoms with van der Waals surface area (Å²) < 4.78 is 29.0. The number of rotatable bonds is 6. The van der Waals surface area contributed by atoms with Crippen molar-refractivity contribution < 1.29 is 23.6 Å². The van der Waals surface area contributed by atoms with Crippen molar-refractivity contribution in [1.29, 1.82) is 0 Å². The zero-order chi connectivity index (χ0) is 29.1. The third kappa shape index (κ3) is 4.61. The molecule has 3 aromatic carbocycles. The van der Waals surface area contributed by atoms with Crippen LogP contribution in [-0.2, 0) is 10.3 Å². The molecule has 1 amide bonds. The number of fused-ring (bicyclic) bond motifs is 3. The van der Waals surface area contributed by atoms with Gasteiger partial charge in [-0.15, -0.1) is 0 Å². The first-order valence-corrected chi connectivity index (χ1v) is 14.0. The summed E-state index contributed by atoms with van der Waals surface area (Å²) >= 11 is 0. The molecule has 3 heterocycles. The highest BCUT2D eigenvalue weighted by Crippen LogP contribution is 2.44. The van der Waals surface area contributed by atoms with Crippen LogP contribution in [0, 0.1) is 25.6 Å². The minimum Gasteiger partial charge on any atom is -0.386 e. The number of halogens is 1. The van der Waals surface area contributed by atoms with Crippen molar-refractivity contribution in [1.82, 2.24) is 9.72 Å². The highest BCUT2D eigenvalue weighted by Gasteiger charge is 2.33. The molecule has 0 radical (unpaired) electrons. The summed E-state index contributed by atoms with van der Waals surface area (Å²) in [6.07, 6.45) is 1.50. The van der Waals surface area contributed by atoms with E-state index in [1.807, 2.05) is 50.2 Å². The molecule has 41 heavy (non-hydrogen) atoms. The number of carbonyl (C=O) groups excluding carboxylic acids is 1. The molecular weight excluding hydrogens is 521 g/mol. The van der Waals surface area contributed by atoms with Crippen LogP contribution in [0.3, 0.4) is 0 Å². The molecule has 0 aliphatic carbocycles. The highest BCUT2D eigenvalue weighted by molar-refractivity contribution is 6.19. The normalized spacial score (nSPS) is 15.6. The lowest BCUT2D eigenvalue weighted by atomic mass is 9.86. The van der Waals surface area contributed by atoms with Gasteiger partial charge in [-0.3, -0.25) is 4.79 Å². The number of benzene rings is 3. The Morgan fingerprint density at radius 1 is 1.10 bits per heavy atom. The van der Waals surface area contributed by atoms with Crippen molar-refractivity contribution in [2.45, 2.75) is 52.2 Å². The molecule has 1 fully saturated rings. The fourth-order valence-electron chi connectivity index (χ4n) is 6.44. The second-order valence-corrected chi connectivity index (χ2v) is 11.6. The number of primary amides is 1. The zero-order valence-electron chi connectivity index (χ0n) is 23.7. The monoisotopic (exact) mass is 555 g/mol. The number of nitrogens with two attached hydrogens (primary N) is 1. The molecule has 1 aliphatic rings. The zero-order valence-corrected chi connectivity index (χ0v) is 23.7. The maximum atomic E-state index is 15.7. The van der Waals surface area contributed by atoms with Gasteiger partial charge in [-0.1, -0.05) is 35.5 Å². The molecule has 212 valence electrons. The third-order valence-corrected chi connectivity index (χ3v) is 8.41. The van der Waals surface area contributed by atoms with Crippen molar-refractivity contribution in [2.75, 3.05) is 13.2 Å². The second-order valence-electron chi connectivity index (χ2n) is 11.6. The summed E-state index contributed by atoms with van der Waals surface area (Å²) in [7, 11) is 0. The van der Waals surface area contributed by atoms with Crippen molar-refractivity contribution in [3.63, 3.8) is 0 Å². The van der Waals surface area contributed by atoms with Gasteiger partial charge in [0, 0.05) is 40.7 Å². The standard InChI is InChI=1S/C33H34FN3O4/c1-18-29(19(2)41-36-18)21-15-25(32(35)38)30-24-10-9-22(33(3,4)39)17-27(24)37(28(30)16-21)31(20-11-13-40-14-12-20)23-7-5-6-8-26(23)34/h5-10,15-17,20,31,39H,11-14H2,1-4H3,(H2,35,38). The Labute approximate surface area is 237 Å². The molecule has 0 bridgehead atoms. The van der Waals surface area contributed by atoms with Gasteiger partial charge in [0.1, 0.15) is 11.6 Å². The van der Waals surface area contributed by atoms with Crippen LogP contribution in [0.1, 0.15) is 65.7 Å². The van der Waals surface area contributed by atoms with E-state index in [-0.39, 0.29) is 11.7 Å². The average Bonchev–Trinajstić information content (AvgIpc) is 3.45. The van der Waals surface area contributed by atoms with E-state index in [4.69, 9.17) is 15.0 Å². The molecule has 1 atom stereocenters. The van der Waals surface area contributed by atoms with Gasteiger partial charge < -0.3 is 24.7 Å². The van der Waals surface area contributed by atoms with Gasteiger partial charge in [0.2, 0.25) is 5.91 Å². The van der Waals surface area contributed by atoms with E-state index in [0.717, 1.165) is 40.4 Å². The van der Waals surface area contributed by atoms with E-state index in [9.17, 15) is 9.90 Å². The number of hydrogen-bond donors (Lipinski definition) is 2. The lowest BCUT2D eigenvalue weighted by molar-refractivity contribution is 0.0548. The Morgan fingerprint density at radius 2 is 1.83 bits per heavy atom. The fourth-order valence-corrected chi connectivity index (χ4v) is 6.44. The Balaban J connectivity index is 1.79. The topological polar surface area (TPSA) is 104 Å². The number of carbonyl (C=O) groups is 1. The lowest BCUT2D eigenvalue weighted by Crippen LogP contribution is -2.27. The van der Waals surface area contributed by atoms with Gasteiger partial charge in [-0.2, -0.15) is 0 Å². The van der Waals surface area contributed by atoms with Crippen LogP contribution >= 0.6 is 0 Å². The largest absolute Gasteiger partial charge is 0.386 e. The van der Waals surface area contributed by atoms with Crippen molar-refractivity contribution in [2.24, 2.45) is 11.7 Å². The Morgan fingerprint density at radius 3 is 2.46 bits per heavy atom. The molecule has 1 saturated heterocycles. The molecule has 2 aromatic heterocycles. The maximum absolute atomic E-state index is 15.7. The third-order valence-electron chi connectivity index (χ3n) is 8.41. The number of aryl methyl sites for hydroxylation is 2. The summed E-state index contributed by atoms with van der Waals surface area (Å²) in [4.78, 5) is 13.0. The van der Waals surface area contributed by atoms with Gasteiger partial charge >= 0.3 is 0 Å². The van der Waals surface area contributed by atoms with Crippen LogP contribution in [0.15, 0.2) is 59.1 Å². The van der Waals surface area contributed by atoms with Gasteiger partial charge in [-0.25, -0.2) is 4.39 Å². The summed E-state index contributed by atoms with van der Waals surface area (Å²) in [5.41, 5.74) is 10.3. The first-order valence-electron chi connectivity index (χ1n) is 14.0. The van der Waals surface area contributed by atoms with E-state index in [2.05, 4.69) is 9.72 Å². The number of aromatic nitrogens is 2. The molecule has 1 unspecified atom stereocenters. The van der Waals surface area contributed by atoms with Crippen LogP contribution in [-0.4, -0.2) is 34.0 Å².